The maximum atomic E-state index is 13.4. The summed E-state index contributed by atoms with van der Waals surface area (Å²) in [4.78, 5) is 29.7. The number of carbonyl (C=O) groups excluding carboxylic acids is 2. The Balaban J connectivity index is 1.57. The van der Waals surface area contributed by atoms with E-state index in [2.05, 4.69) is 20.7 Å². The first-order valence-corrected chi connectivity index (χ1v) is 14.0. The molecule has 0 aromatic carbocycles. The summed E-state index contributed by atoms with van der Waals surface area (Å²) in [5.74, 6) is -3.39. The Morgan fingerprint density at radius 1 is 1.14 bits per heavy atom. The molecule has 2 atom stereocenters. The molecule has 2 aromatic rings. The van der Waals surface area contributed by atoms with E-state index in [1.54, 1.807) is 26.8 Å². The van der Waals surface area contributed by atoms with E-state index in [0.717, 1.165) is 26.7 Å². The molecule has 2 aliphatic rings. The molecule has 2 aliphatic carbocycles. The molecule has 0 saturated heterocycles. The Morgan fingerprint density at radius 2 is 1.79 bits per heavy atom. The largest absolute Gasteiger partial charge is 0.444 e. The van der Waals surface area contributed by atoms with Crippen LogP contribution in [0.5, 0.6) is 0 Å². The molecular formula is C27H35ClF5N5O4. The zero-order valence-electron chi connectivity index (χ0n) is 23.9. The van der Waals surface area contributed by atoms with E-state index in [1.807, 2.05) is 0 Å². The highest BCUT2D eigenvalue weighted by atomic mass is 35.5. The van der Waals surface area contributed by atoms with E-state index in [0.29, 0.717) is 5.56 Å². The van der Waals surface area contributed by atoms with Crippen LogP contribution >= 0.6 is 11.6 Å². The monoisotopic (exact) mass is 623 g/mol. The minimum absolute atomic E-state index is 0.0219. The van der Waals surface area contributed by atoms with Crippen molar-refractivity contribution >= 4 is 29.2 Å². The van der Waals surface area contributed by atoms with E-state index >= 15 is 0 Å². The number of ether oxygens (including phenoxy) is 2. The molecule has 2 N–H and O–H groups in total. The summed E-state index contributed by atoms with van der Waals surface area (Å²) in [6.45, 7) is 6.08. The number of fused-ring (bicyclic) bond motifs is 1. The van der Waals surface area contributed by atoms with Gasteiger partial charge in [0.1, 0.15) is 5.60 Å². The highest BCUT2D eigenvalue weighted by molar-refractivity contribution is 6.30. The van der Waals surface area contributed by atoms with Crippen molar-refractivity contribution < 1.29 is 41.0 Å². The number of halogens is 6. The van der Waals surface area contributed by atoms with Crippen molar-refractivity contribution in [1.29, 1.82) is 0 Å². The van der Waals surface area contributed by atoms with Crippen LogP contribution in [0, 0.1) is 11.8 Å². The van der Waals surface area contributed by atoms with Gasteiger partial charge in [0.25, 0.3) is 0 Å². The van der Waals surface area contributed by atoms with E-state index < -0.39 is 48.1 Å². The number of nitrogens with zero attached hydrogens (tertiary/aromatic N) is 3. The number of hydrogen-bond acceptors (Lipinski definition) is 6. The maximum absolute atomic E-state index is 13.4. The molecule has 0 unspecified atom stereocenters. The Bertz CT molecular complexity index is 1310. The van der Waals surface area contributed by atoms with Crippen LogP contribution in [0.2, 0.25) is 5.15 Å². The summed E-state index contributed by atoms with van der Waals surface area (Å²) in [6, 6.07) is -0.0650. The maximum Gasteiger partial charge on any atom is 0.416 e. The average molecular weight is 624 g/mol. The summed E-state index contributed by atoms with van der Waals surface area (Å²) >= 11 is 6.50. The average Bonchev–Trinajstić information content (AvgIpc) is 3.56. The SMILES string of the molecule is CC(C)(C)OC(=O)N[C@@H](COC(C)(C)C(F)(F)F)c1cn2nc(Cl)c([C@H](NC(=O)CC3CC(F)(F)C3)C3CC3)cc2n1. The van der Waals surface area contributed by atoms with Crippen molar-refractivity contribution in [3.8, 4) is 0 Å². The van der Waals surface area contributed by atoms with E-state index in [4.69, 9.17) is 21.1 Å². The number of rotatable bonds is 10. The summed E-state index contributed by atoms with van der Waals surface area (Å²) in [5.41, 5.74) is -2.51. The lowest BCUT2D eigenvalue weighted by Crippen LogP contribution is -2.44. The van der Waals surface area contributed by atoms with Gasteiger partial charge in [0.2, 0.25) is 11.8 Å². The van der Waals surface area contributed by atoms with E-state index in [-0.39, 0.29) is 53.5 Å². The van der Waals surface area contributed by atoms with Crippen molar-refractivity contribution in [1.82, 2.24) is 25.2 Å². The van der Waals surface area contributed by atoms with Gasteiger partial charge in [-0.05, 0) is 65.4 Å². The fourth-order valence-electron chi connectivity index (χ4n) is 4.65. The predicted octanol–water partition coefficient (Wildman–Crippen LogP) is 6.31. The van der Waals surface area contributed by atoms with Gasteiger partial charge >= 0.3 is 12.3 Å². The quantitative estimate of drug-likeness (QED) is 0.301. The Labute approximate surface area is 244 Å². The normalized spacial score (nSPS) is 19.2. The van der Waals surface area contributed by atoms with Crippen LogP contribution < -0.4 is 10.6 Å². The second-order valence-electron chi connectivity index (χ2n) is 12.6. The van der Waals surface area contributed by atoms with Crippen LogP contribution in [0.25, 0.3) is 5.65 Å². The van der Waals surface area contributed by atoms with Gasteiger partial charge in [0.15, 0.2) is 16.4 Å². The number of carbonyl (C=O) groups is 2. The van der Waals surface area contributed by atoms with Gasteiger partial charge in [0.05, 0.1) is 30.6 Å². The van der Waals surface area contributed by atoms with Gasteiger partial charge in [-0.2, -0.15) is 18.3 Å². The summed E-state index contributed by atoms with van der Waals surface area (Å²) in [7, 11) is 0. The molecule has 42 heavy (non-hydrogen) atoms. The highest BCUT2D eigenvalue weighted by Crippen LogP contribution is 2.45. The highest BCUT2D eigenvalue weighted by Gasteiger charge is 2.49. The lowest BCUT2D eigenvalue weighted by Gasteiger charge is -2.34. The Hall–Kier alpha value is -2.74. The molecule has 0 bridgehead atoms. The molecule has 9 nitrogen and oxygen atoms in total. The first-order chi connectivity index (χ1) is 19.2. The van der Waals surface area contributed by atoms with E-state index in [9.17, 15) is 31.5 Å². The molecule has 0 spiro atoms. The minimum Gasteiger partial charge on any atom is -0.444 e. The zero-order chi connectivity index (χ0) is 31.3. The van der Waals surface area contributed by atoms with Crippen molar-refractivity contribution in [2.75, 3.05) is 6.61 Å². The van der Waals surface area contributed by atoms with Crippen LogP contribution in [0.1, 0.15) is 90.1 Å². The molecule has 2 fully saturated rings. The second-order valence-corrected chi connectivity index (χ2v) is 13.0. The predicted molar refractivity (Wildman–Crippen MR) is 142 cm³/mol. The number of aromatic nitrogens is 3. The lowest BCUT2D eigenvalue weighted by atomic mass is 9.79. The summed E-state index contributed by atoms with van der Waals surface area (Å²) in [6.07, 6.45) is -3.17. The van der Waals surface area contributed by atoms with Crippen molar-refractivity contribution in [3.63, 3.8) is 0 Å². The van der Waals surface area contributed by atoms with Gasteiger partial charge in [0, 0.05) is 24.8 Å². The standard InChI is InChI=1S/C27H35ClF5N5O4/c1-24(2,3)42-23(40)35-18(13-41-25(4,5)27(31,32)33)17-12-38-19(34-17)9-16(22(28)37-38)21(15-6-7-15)36-20(39)8-14-10-26(29,30)11-14/h9,12,14-15,18,21H,6-8,10-11,13H2,1-5H3,(H,35,40)(H,36,39)/t18-,21+/m0/s1. The third-order valence-corrected chi connectivity index (χ3v) is 7.48. The zero-order valence-corrected chi connectivity index (χ0v) is 24.7. The van der Waals surface area contributed by atoms with Crippen molar-refractivity contribution in [3.05, 3.63) is 28.7 Å². The van der Waals surface area contributed by atoms with Crippen LogP contribution in [0.3, 0.4) is 0 Å². The molecule has 15 heteroatoms. The molecule has 2 heterocycles. The molecule has 0 radical (unpaired) electrons. The van der Waals surface area contributed by atoms with Gasteiger partial charge in [-0.15, -0.1) is 0 Å². The topological polar surface area (TPSA) is 107 Å². The molecule has 4 rings (SSSR count). The van der Waals surface area contributed by atoms with Crippen LogP contribution in [-0.4, -0.2) is 56.5 Å². The van der Waals surface area contributed by atoms with Gasteiger partial charge in [-0.1, -0.05) is 11.6 Å². The number of alkyl halides is 5. The lowest BCUT2D eigenvalue weighted by molar-refractivity contribution is -0.265. The second kappa shape index (κ2) is 11.4. The van der Waals surface area contributed by atoms with Crippen molar-refractivity contribution in [2.24, 2.45) is 11.8 Å². The number of hydrogen-bond donors (Lipinski definition) is 2. The molecule has 2 saturated carbocycles. The Kier molecular flexibility index (Phi) is 8.73. The number of alkyl carbamates (subject to hydrolysis) is 1. The van der Waals surface area contributed by atoms with Crippen LogP contribution in [0.15, 0.2) is 12.3 Å². The van der Waals surface area contributed by atoms with Gasteiger partial charge < -0.3 is 20.1 Å². The Morgan fingerprint density at radius 3 is 2.33 bits per heavy atom. The first-order valence-electron chi connectivity index (χ1n) is 13.7. The first kappa shape index (κ1) is 32.2. The molecule has 2 aromatic heterocycles. The van der Waals surface area contributed by atoms with Crippen molar-refractivity contribution in [2.45, 2.75) is 102 Å². The van der Waals surface area contributed by atoms with Gasteiger partial charge in [-0.3, -0.25) is 4.79 Å². The number of amides is 2. The summed E-state index contributed by atoms with van der Waals surface area (Å²) in [5, 5.41) is 9.80. The van der Waals surface area contributed by atoms with Crippen LogP contribution in [0.4, 0.5) is 26.7 Å². The van der Waals surface area contributed by atoms with Crippen LogP contribution in [-0.2, 0) is 14.3 Å². The molecule has 0 aliphatic heterocycles. The number of nitrogens with one attached hydrogen (secondary N) is 2. The molecule has 234 valence electrons. The van der Waals surface area contributed by atoms with Gasteiger partial charge in [-0.25, -0.2) is 23.1 Å². The molecule has 2 amide bonds. The fraction of sp³-hybridized carbons (Fsp3) is 0.704. The smallest absolute Gasteiger partial charge is 0.416 e. The van der Waals surface area contributed by atoms with E-state index in [1.165, 1.54) is 10.7 Å². The third-order valence-electron chi connectivity index (χ3n) is 7.19. The fourth-order valence-corrected chi connectivity index (χ4v) is 4.90. The molecular weight excluding hydrogens is 589 g/mol. The summed E-state index contributed by atoms with van der Waals surface area (Å²) < 4.78 is 78.5. The third kappa shape index (κ3) is 8.00. The minimum atomic E-state index is -4.67. The number of imidazole rings is 1.